The van der Waals surface area contributed by atoms with Gasteiger partial charge >= 0.3 is 0 Å². The molecule has 0 amide bonds. The van der Waals surface area contributed by atoms with Crippen LogP contribution in [-0.4, -0.2) is 4.57 Å². The lowest BCUT2D eigenvalue weighted by Crippen LogP contribution is -1.96. The highest BCUT2D eigenvalue weighted by Gasteiger charge is 2.14. The zero-order valence-corrected chi connectivity index (χ0v) is 23.8. The molecule has 1 nitrogen and oxygen atoms in total. The van der Waals surface area contributed by atoms with Gasteiger partial charge in [-0.2, -0.15) is 0 Å². The van der Waals surface area contributed by atoms with E-state index in [2.05, 4.69) is 108 Å². The van der Waals surface area contributed by atoms with Crippen LogP contribution in [0.4, 0.5) is 0 Å². The summed E-state index contributed by atoms with van der Waals surface area (Å²) < 4.78 is 2.38. The highest BCUT2D eigenvalue weighted by atomic mass is 15.0. The van der Waals surface area contributed by atoms with E-state index in [9.17, 15) is 0 Å². The van der Waals surface area contributed by atoms with Crippen molar-refractivity contribution < 1.29 is 0 Å². The Morgan fingerprint density at radius 1 is 0.371 bits per heavy atom. The third-order valence-electron chi connectivity index (χ3n) is 4.81. The van der Waals surface area contributed by atoms with Crippen LogP contribution >= 0.6 is 0 Å². The summed E-state index contributed by atoms with van der Waals surface area (Å²) in [7, 11) is 0. The highest BCUT2D eigenvalue weighted by Crippen LogP contribution is 2.35. The lowest BCUT2D eigenvalue weighted by Gasteiger charge is -2.13. The molecule has 1 heterocycles. The molecule has 0 spiro atoms. The molecule has 0 aliphatic rings. The average Bonchev–Trinajstić information content (AvgIpc) is 3.33. The van der Waals surface area contributed by atoms with Crippen molar-refractivity contribution in [1.29, 1.82) is 0 Å². The number of hydrogen-bond acceptors (Lipinski definition) is 0. The summed E-state index contributed by atoms with van der Waals surface area (Å²) in [6.07, 6.45) is 0. The van der Waals surface area contributed by atoms with Crippen molar-refractivity contribution in [2.45, 2.75) is 69.2 Å². The van der Waals surface area contributed by atoms with Crippen LogP contribution in [0.5, 0.6) is 0 Å². The van der Waals surface area contributed by atoms with E-state index in [-0.39, 0.29) is 0 Å². The maximum atomic E-state index is 2.38. The molecule has 35 heavy (non-hydrogen) atoms. The minimum Gasteiger partial charge on any atom is -0.309 e. The fraction of sp³-hybridized carbons (Fsp3) is 0.294. The van der Waals surface area contributed by atoms with Crippen LogP contribution in [0.3, 0.4) is 0 Å². The molecule has 0 fully saturated rings. The molecule has 5 rings (SSSR count). The first kappa shape index (κ1) is 31.7. The molecule has 0 aliphatic carbocycles. The number of para-hydroxylation sites is 3. The fourth-order valence-corrected chi connectivity index (χ4v) is 3.71. The van der Waals surface area contributed by atoms with E-state index < -0.39 is 0 Å². The van der Waals surface area contributed by atoms with Crippen molar-refractivity contribution >= 4 is 21.8 Å². The van der Waals surface area contributed by atoms with Gasteiger partial charge < -0.3 is 4.57 Å². The van der Waals surface area contributed by atoms with Gasteiger partial charge in [0.1, 0.15) is 0 Å². The Kier molecular flexibility index (Phi) is 17.2. The van der Waals surface area contributed by atoms with Gasteiger partial charge in [0, 0.05) is 16.3 Å². The number of nitrogens with zero attached hydrogens (tertiary/aromatic N) is 1. The van der Waals surface area contributed by atoms with Gasteiger partial charge in [-0.25, -0.2) is 0 Å². The van der Waals surface area contributed by atoms with Crippen molar-refractivity contribution in [2.24, 2.45) is 0 Å². The standard InChI is InChI=1S/C24H17N.5C2H6/c1-2-10-18(11-3-1)19-12-4-7-15-22(19)25-23-16-8-5-13-20(23)21-14-6-9-17-24(21)25;5*1-2/h1-17H;5*1-2H3. The minimum atomic E-state index is 1.21. The van der Waals surface area contributed by atoms with Crippen molar-refractivity contribution in [3.63, 3.8) is 0 Å². The first-order chi connectivity index (χ1) is 17.4. The van der Waals surface area contributed by atoms with Crippen LogP contribution < -0.4 is 0 Å². The first-order valence-corrected chi connectivity index (χ1v) is 13.6. The number of fused-ring (bicyclic) bond motifs is 3. The molecular weight excluding hydrogens is 422 g/mol. The third-order valence-corrected chi connectivity index (χ3v) is 4.81. The van der Waals surface area contributed by atoms with Gasteiger partial charge in [-0.05, 0) is 23.8 Å². The van der Waals surface area contributed by atoms with Crippen LogP contribution in [0.15, 0.2) is 103 Å². The molecule has 4 aromatic carbocycles. The minimum absolute atomic E-state index is 1.21. The van der Waals surface area contributed by atoms with Crippen LogP contribution in [0.2, 0.25) is 0 Å². The first-order valence-electron chi connectivity index (χ1n) is 13.6. The highest BCUT2D eigenvalue weighted by molar-refractivity contribution is 6.09. The van der Waals surface area contributed by atoms with Crippen molar-refractivity contribution in [2.75, 3.05) is 0 Å². The molecule has 0 N–H and O–H groups in total. The topological polar surface area (TPSA) is 4.93 Å². The second-order valence-corrected chi connectivity index (χ2v) is 6.25. The molecule has 0 unspecified atom stereocenters. The molecule has 0 atom stereocenters. The molecule has 1 heteroatoms. The summed E-state index contributed by atoms with van der Waals surface area (Å²) in [6.45, 7) is 20.0. The average molecular weight is 470 g/mol. The van der Waals surface area contributed by atoms with Gasteiger partial charge in [-0.1, -0.05) is 154 Å². The molecule has 0 aliphatic heterocycles. The van der Waals surface area contributed by atoms with Crippen molar-refractivity contribution in [1.82, 2.24) is 4.57 Å². The summed E-state index contributed by atoms with van der Waals surface area (Å²) >= 11 is 0. The summed E-state index contributed by atoms with van der Waals surface area (Å²) in [5.74, 6) is 0. The molecule has 188 valence electrons. The third kappa shape index (κ3) is 7.59. The predicted octanol–water partition coefficient (Wildman–Crippen LogP) is 11.6. The van der Waals surface area contributed by atoms with Gasteiger partial charge in [-0.15, -0.1) is 0 Å². The zero-order chi connectivity index (χ0) is 26.6. The monoisotopic (exact) mass is 469 g/mol. The second-order valence-electron chi connectivity index (χ2n) is 6.25. The lowest BCUT2D eigenvalue weighted by molar-refractivity contribution is 1.18. The SMILES string of the molecule is CC.CC.CC.CC.CC.c1ccc(-c2ccccc2-n2c3ccccc3c3ccccc32)cc1. The molecule has 1 aromatic heterocycles. The number of hydrogen-bond donors (Lipinski definition) is 0. The van der Waals surface area contributed by atoms with E-state index in [4.69, 9.17) is 0 Å². The van der Waals surface area contributed by atoms with E-state index in [0.717, 1.165) is 0 Å². The fourth-order valence-electron chi connectivity index (χ4n) is 3.71. The quantitative estimate of drug-likeness (QED) is 0.242. The molecule has 0 bridgehead atoms. The van der Waals surface area contributed by atoms with E-state index in [0.29, 0.717) is 0 Å². The van der Waals surface area contributed by atoms with Gasteiger partial charge in [0.05, 0.1) is 16.7 Å². The van der Waals surface area contributed by atoms with Gasteiger partial charge in [0.25, 0.3) is 0 Å². The van der Waals surface area contributed by atoms with E-state index >= 15 is 0 Å². The smallest absolute Gasteiger partial charge is 0.0541 e. The largest absolute Gasteiger partial charge is 0.309 e. The second kappa shape index (κ2) is 19.0. The molecule has 0 saturated heterocycles. The van der Waals surface area contributed by atoms with Crippen molar-refractivity contribution in [3.05, 3.63) is 103 Å². The van der Waals surface area contributed by atoms with Gasteiger partial charge in [0.2, 0.25) is 0 Å². The van der Waals surface area contributed by atoms with Crippen LogP contribution in [0.25, 0.3) is 38.6 Å². The Bertz CT molecular complexity index is 1130. The lowest BCUT2D eigenvalue weighted by atomic mass is 10.0. The normalized spacial score (nSPS) is 8.86. The van der Waals surface area contributed by atoms with E-state index in [1.54, 1.807) is 0 Å². The predicted molar refractivity (Wildman–Crippen MR) is 163 cm³/mol. The van der Waals surface area contributed by atoms with Crippen LogP contribution in [-0.2, 0) is 0 Å². The summed E-state index contributed by atoms with van der Waals surface area (Å²) in [6, 6.07) is 36.5. The number of benzene rings is 4. The summed E-state index contributed by atoms with van der Waals surface area (Å²) in [4.78, 5) is 0. The Labute approximate surface area is 215 Å². The summed E-state index contributed by atoms with van der Waals surface area (Å²) in [5.41, 5.74) is 6.18. The maximum Gasteiger partial charge on any atom is 0.0541 e. The Morgan fingerprint density at radius 2 is 0.743 bits per heavy atom. The Morgan fingerprint density at radius 3 is 1.23 bits per heavy atom. The molecule has 0 saturated carbocycles. The van der Waals surface area contributed by atoms with Crippen LogP contribution in [0, 0.1) is 0 Å². The van der Waals surface area contributed by atoms with Crippen molar-refractivity contribution in [3.8, 4) is 16.8 Å². The van der Waals surface area contributed by atoms with Gasteiger partial charge in [0.15, 0.2) is 0 Å². The summed E-state index contributed by atoms with van der Waals surface area (Å²) in [5, 5.41) is 2.59. The number of aromatic nitrogens is 1. The molecule has 0 radical (unpaired) electrons. The Hall–Kier alpha value is -3.32. The van der Waals surface area contributed by atoms with Gasteiger partial charge in [-0.3, -0.25) is 0 Å². The maximum absolute atomic E-state index is 2.38. The zero-order valence-electron chi connectivity index (χ0n) is 23.8. The Balaban J connectivity index is 0.00000104. The molecule has 5 aromatic rings. The van der Waals surface area contributed by atoms with E-state index in [1.165, 1.54) is 38.6 Å². The van der Waals surface area contributed by atoms with Crippen LogP contribution in [0.1, 0.15) is 69.2 Å². The molecular formula is C34H47N. The van der Waals surface area contributed by atoms with E-state index in [1.807, 2.05) is 69.2 Å². The number of rotatable bonds is 2.